The molecule has 2 N–H and O–H groups in total. The van der Waals surface area contributed by atoms with E-state index in [1.165, 1.54) is 6.20 Å². The van der Waals surface area contributed by atoms with Crippen LogP contribution in [-0.4, -0.2) is 53.0 Å². The zero-order chi connectivity index (χ0) is 36.0. The summed E-state index contributed by atoms with van der Waals surface area (Å²) in [6.45, 7) is 0.332. The Morgan fingerprint density at radius 2 is 1.58 bits per heavy atom. The zero-order valence-corrected chi connectivity index (χ0v) is 29.3. The van der Waals surface area contributed by atoms with E-state index in [1.54, 1.807) is 16.4 Å². The van der Waals surface area contributed by atoms with E-state index in [2.05, 4.69) is 49.0 Å². The molecule has 53 heavy (non-hydrogen) atoms. The highest BCUT2D eigenvalue weighted by molar-refractivity contribution is 7.99. The molecule has 0 spiro atoms. The van der Waals surface area contributed by atoms with Crippen LogP contribution in [0.25, 0.3) is 27.8 Å². The number of nitrogens with zero attached hydrogens (tertiary/aromatic N) is 6. The second kappa shape index (κ2) is 15.8. The smallest absolute Gasteiger partial charge is 0.271 e. The fourth-order valence-electron chi connectivity index (χ4n) is 6.22. The molecular weight excluding hydrogens is 687 g/mol. The number of benzene rings is 5. The van der Waals surface area contributed by atoms with Crippen LogP contribution in [0.15, 0.2) is 139 Å². The molecular formula is C41H35N7O4S. The summed E-state index contributed by atoms with van der Waals surface area (Å²) in [5.41, 5.74) is 8.36. The fraction of sp³-hybridized carbons (Fsp3) is 0.171. The summed E-state index contributed by atoms with van der Waals surface area (Å²) in [6.07, 6.45) is 1.17. The lowest BCUT2D eigenvalue weighted by Crippen LogP contribution is -2.31. The average Bonchev–Trinajstić information content (AvgIpc) is 3.71. The SMILES string of the molecule is O=C(NCc1cccc(-c2ccc([C@H]3O[C@@H](CSc4nnnn4-c4ccccc4)C[C@@H](c4ccc(CO)cc4)O3)cc2)c1)c1cnc2ccccc2n1. The van der Waals surface area contributed by atoms with Crippen LogP contribution in [0.3, 0.4) is 0 Å². The Hall–Kier alpha value is -5.79. The maximum atomic E-state index is 12.9. The number of rotatable bonds is 11. The van der Waals surface area contributed by atoms with Gasteiger partial charge in [-0.2, -0.15) is 4.68 Å². The molecule has 0 aliphatic carbocycles. The number of carbonyl (C=O) groups is 1. The predicted octanol–water partition coefficient (Wildman–Crippen LogP) is 7.03. The Morgan fingerprint density at radius 1 is 0.811 bits per heavy atom. The third-order valence-electron chi connectivity index (χ3n) is 9.03. The monoisotopic (exact) mass is 721 g/mol. The van der Waals surface area contributed by atoms with Crippen LogP contribution in [0.2, 0.25) is 0 Å². The highest BCUT2D eigenvalue weighted by Crippen LogP contribution is 2.40. The predicted molar refractivity (Wildman–Crippen MR) is 201 cm³/mol. The lowest BCUT2D eigenvalue weighted by Gasteiger charge is -2.36. The van der Waals surface area contributed by atoms with Crippen LogP contribution >= 0.6 is 11.8 Å². The Labute approximate surface area is 310 Å². The molecule has 1 amide bonds. The summed E-state index contributed by atoms with van der Waals surface area (Å²) >= 11 is 1.54. The Bertz CT molecular complexity index is 2320. The lowest BCUT2D eigenvalue weighted by atomic mass is 9.99. The van der Waals surface area contributed by atoms with E-state index in [4.69, 9.17) is 9.47 Å². The molecule has 1 aliphatic rings. The molecule has 2 aromatic heterocycles. The standard InChI is InChI=1S/C41H35N7O4S/c49-25-27-13-15-30(16-14-27)38-22-34(26-53-41-45-46-47-48(41)33-9-2-1-3-10-33)51-40(52-38)31-19-17-29(18-20-31)32-8-6-7-28(21-32)23-43-39(50)37-24-42-35-11-4-5-12-36(35)44-37/h1-21,24,34,38,40,49H,22-23,25-26H2,(H,43,50)/t34-,38+,40+/m1/s1. The van der Waals surface area contributed by atoms with Gasteiger partial charge in [0.1, 0.15) is 5.69 Å². The van der Waals surface area contributed by atoms with Gasteiger partial charge in [-0.1, -0.05) is 109 Å². The summed E-state index contributed by atoms with van der Waals surface area (Å²) in [5, 5.41) is 25.6. The summed E-state index contributed by atoms with van der Waals surface area (Å²) in [5.74, 6) is 0.340. The summed E-state index contributed by atoms with van der Waals surface area (Å²) in [7, 11) is 0. The van der Waals surface area contributed by atoms with Gasteiger partial charge in [0.2, 0.25) is 5.16 Å². The van der Waals surface area contributed by atoms with Crippen molar-refractivity contribution in [1.82, 2.24) is 35.5 Å². The van der Waals surface area contributed by atoms with Gasteiger partial charge >= 0.3 is 0 Å². The second-order valence-corrected chi connectivity index (χ2v) is 13.6. The number of aliphatic hydroxyl groups is 1. The second-order valence-electron chi connectivity index (χ2n) is 12.6. The van der Waals surface area contributed by atoms with Gasteiger partial charge in [0.25, 0.3) is 5.91 Å². The molecule has 0 saturated carbocycles. The fourth-order valence-corrected chi connectivity index (χ4v) is 7.13. The first-order valence-corrected chi connectivity index (χ1v) is 18.2. The Kier molecular flexibility index (Phi) is 10.3. The molecule has 5 aromatic carbocycles. The summed E-state index contributed by atoms with van der Waals surface area (Å²) < 4.78 is 14.9. The maximum Gasteiger partial charge on any atom is 0.271 e. The molecule has 0 radical (unpaired) electrons. The molecule has 0 unspecified atom stereocenters. The molecule has 3 heterocycles. The first-order chi connectivity index (χ1) is 26.1. The topological polar surface area (TPSA) is 137 Å². The number of hydrogen-bond donors (Lipinski definition) is 2. The molecule has 264 valence electrons. The molecule has 1 saturated heterocycles. The Morgan fingerprint density at radius 3 is 2.40 bits per heavy atom. The van der Waals surface area contributed by atoms with E-state index in [9.17, 15) is 9.90 Å². The van der Waals surface area contributed by atoms with Crippen molar-refractivity contribution in [3.63, 3.8) is 0 Å². The minimum Gasteiger partial charge on any atom is -0.392 e. The van der Waals surface area contributed by atoms with Gasteiger partial charge < -0.3 is 19.9 Å². The van der Waals surface area contributed by atoms with Gasteiger partial charge in [-0.25, -0.2) is 4.98 Å². The van der Waals surface area contributed by atoms with Crippen molar-refractivity contribution in [2.24, 2.45) is 0 Å². The van der Waals surface area contributed by atoms with Gasteiger partial charge in [-0.05, 0) is 68.6 Å². The normalized spacial score (nSPS) is 17.1. The number of para-hydroxylation sites is 3. The van der Waals surface area contributed by atoms with Crippen molar-refractivity contribution >= 4 is 28.7 Å². The van der Waals surface area contributed by atoms with Crippen molar-refractivity contribution < 1.29 is 19.4 Å². The molecule has 7 aromatic rings. The number of aromatic nitrogens is 6. The van der Waals surface area contributed by atoms with Crippen LogP contribution in [0, 0.1) is 0 Å². The first kappa shape index (κ1) is 34.3. The highest BCUT2D eigenvalue weighted by atomic mass is 32.2. The van der Waals surface area contributed by atoms with Crippen molar-refractivity contribution in [1.29, 1.82) is 0 Å². The molecule has 0 bridgehead atoms. The van der Waals surface area contributed by atoms with E-state index in [1.807, 2.05) is 109 Å². The number of aliphatic hydroxyl groups excluding tert-OH is 1. The van der Waals surface area contributed by atoms with Gasteiger partial charge in [-0.15, -0.1) is 5.10 Å². The zero-order valence-electron chi connectivity index (χ0n) is 28.5. The van der Waals surface area contributed by atoms with Crippen LogP contribution < -0.4 is 5.32 Å². The molecule has 11 nitrogen and oxygen atoms in total. The van der Waals surface area contributed by atoms with Crippen molar-refractivity contribution in [3.05, 3.63) is 162 Å². The Balaban J connectivity index is 0.961. The first-order valence-electron chi connectivity index (χ1n) is 17.3. The van der Waals surface area contributed by atoms with Gasteiger partial charge in [0, 0.05) is 24.3 Å². The van der Waals surface area contributed by atoms with Crippen molar-refractivity contribution in [2.45, 2.75) is 43.2 Å². The summed E-state index contributed by atoms with van der Waals surface area (Å²) in [4.78, 5) is 21.7. The number of fused-ring (bicyclic) bond motifs is 1. The van der Waals surface area contributed by atoms with Crippen molar-refractivity contribution in [3.8, 4) is 16.8 Å². The molecule has 3 atom stereocenters. The molecule has 1 fully saturated rings. The number of thioether (sulfide) groups is 1. The molecule has 1 aliphatic heterocycles. The number of ether oxygens (including phenoxy) is 2. The highest BCUT2D eigenvalue weighted by Gasteiger charge is 2.32. The number of nitrogens with one attached hydrogen (secondary N) is 1. The molecule has 8 rings (SSSR count). The van der Waals surface area contributed by atoms with Crippen LogP contribution in [0.1, 0.15) is 51.6 Å². The van der Waals surface area contributed by atoms with E-state index in [0.717, 1.165) is 44.6 Å². The van der Waals surface area contributed by atoms with Gasteiger partial charge in [0.15, 0.2) is 6.29 Å². The van der Waals surface area contributed by atoms with Crippen LogP contribution in [0.4, 0.5) is 0 Å². The van der Waals surface area contributed by atoms with Crippen LogP contribution in [0.5, 0.6) is 0 Å². The van der Waals surface area contributed by atoms with E-state index in [-0.39, 0.29) is 30.4 Å². The van der Waals surface area contributed by atoms with Crippen LogP contribution in [-0.2, 0) is 22.6 Å². The number of amides is 1. The lowest BCUT2D eigenvalue weighted by molar-refractivity contribution is -0.245. The van der Waals surface area contributed by atoms with Gasteiger partial charge in [-0.3, -0.25) is 9.78 Å². The molecule has 12 heteroatoms. The average molecular weight is 722 g/mol. The number of carbonyl (C=O) groups excluding carboxylic acids is 1. The maximum absolute atomic E-state index is 12.9. The van der Waals surface area contributed by atoms with Crippen molar-refractivity contribution in [2.75, 3.05) is 5.75 Å². The van der Waals surface area contributed by atoms with E-state index >= 15 is 0 Å². The van der Waals surface area contributed by atoms with Gasteiger partial charge in [0.05, 0.1) is 41.7 Å². The number of tetrazole rings is 1. The minimum atomic E-state index is -0.601. The largest absolute Gasteiger partial charge is 0.392 e. The number of hydrogen-bond acceptors (Lipinski definition) is 10. The summed E-state index contributed by atoms with van der Waals surface area (Å²) in [6, 6.07) is 41.4. The van der Waals surface area contributed by atoms with E-state index < -0.39 is 6.29 Å². The third kappa shape index (κ3) is 8.01. The minimum absolute atomic E-state index is 0.0165. The van der Waals surface area contributed by atoms with E-state index in [0.29, 0.717) is 29.4 Å². The quantitative estimate of drug-likeness (QED) is 0.134. The third-order valence-corrected chi connectivity index (χ3v) is 10.1.